The van der Waals surface area contributed by atoms with E-state index < -0.39 is 17.1 Å². The van der Waals surface area contributed by atoms with E-state index in [9.17, 15) is 14.4 Å². The van der Waals surface area contributed by atoms with Crippen molar-refractivity contribution in [3.05, 3.63) is 75.3 Å². The summed E-state index contributed by atoms with van der Waals surface area (Å²) in [5, 5.41) is -0.0312. The Bertz CT molecular complexity index is 1350. The summed E-state index contributed by atoms with van der Waals surface area (Å²) in [4.78, 5) is 38.4. The van der Waals surface area contributed by atoms with Crippen molar-refractivity contribution >= 4 is 46.6 Å². The van der Waals surface area contributed by atoms with E-state index >= 15 is 0 Å². The average molecular weight is 498 g/mol. The highest BCUT2D eigenvalue weighted by atomic mass is 35.5. The Labute approximate surface area is 203 Å². The van der Waals surface area contributed by atoms with Crippen molar-refractivity contribution in [3.63, 3.8) is 0 Å². The SMILES string of the molecule is COC(=O)c1ccc(-c2ccc(C=C3SC(=O)N(Cc4cc5c(cc4Cl)OCO5)C3=O)o2)cc1. The number of esters is 1. The van der Waals surface area contributed by atoms with Crippen LogP contribution < -0.4 is 9.47 Å². The third-order valence-electron chi connectivity index (χ3n) is 5.23. The van der Waals surface area contributed by atoms with Crippen molar-refractivity contribution in [2.75, 3.05) is 13.9 Å². The second-order valence-corrected chi connectivity index (χ2v) is 8.74. The van der Waals surface area contributed by atoms with Gasteiger partial charge < -0.3 is 18.6 Å². The Morgan fingerprint density at radius 2 is 1.85 bits per heavy atom. The van der Waals surface area contributed by atoms with E-state index in [1.54, 1.807) is 48.5 Å². The molecule has 3 aromatic rings. The third kappa shape index (κ3) is 4.15. The van der Waals surface area contributed by atoms with E-state index in [2.05, 4.69) is 0 Å². The molecule has 0 radical (unpaired) electrons. The summed E-state index contributed by atoms with van der Waals surface area (Å²) >= 11 is 7.13. The van der Waals surface area contributed by atoms with Gasteiger partial charge in [-0.2, -0.15) is 0 Å². The average Bonchev–Trinajstić information content (AvgIpc) is 3.55. The summed E-state index contributed by atoms with van der Waals surface area (Å²) in [6, 6.07) is 13.5. The molecular formula is C24H16ClNO7S. The van der Waals surface area contributed by atoms with Crippen molar-refractivity contribution in [2.24, 2.45) is 0 Å². The van der Waals surface area contributed by atoms with Gasteiger partial charge in [-0.25, -0.2) is 4.79 Å². The number of nitrogens with zero attached hydrogens (tertiary/aromatic N) is 1. The van der Waals surface area contributed by atoms with Crippen LogP contribution in [-0.2, 0) is 16.1 Å². The lowest BCUT2D eigenvalue weighted by Gasteiger charge is -2.14. The number of thioether (sulfide) groups is 1. The van der Waals surface area contributed by atoms with Gasteiger partial charge in [0.05, 0.1) is 24.1 Å². The van der Waals surface area contributed by atoms with Gasteiger partial charge in [-0.05, 0) is 47.7 Å². The molecule has 10 heteroatoms. The first-order valence-electron chi connectivity index (χ1n) is 10.0. The van der Waals surface area contributed by atoms with Crippen LogP contribution in [0, 0.1) is 0 Å². The fourth-order valence-electron chi connectivity index (χ4n) is 3.49. The van der Waals surface area contributed by atoms with Gasteiger partial charge in [-0.1, -0.05) is 23.7 Å². The first-order chi connectivity index (χ1) is 16.4. The maximum atomic E-state index is 12.9. The summed E-state index contributed by atoms with van der Waals surface area (Å²) in [6.07, 6.45) is 1.53. The summed E-state index contributed by atoms with van der Waals surface area (Å²) < 4.78 is 21.2. The fourth-order valence-corrected chi connectivity index (χ4v) is 4.52. The lowest BCUT2D eigenvalue weighted by molar-refractivity contribution is -0.123. The van der Waals surface area contributed by atoms with Crippen molar-refractivity contribution in [2.45, 2.75) is 6.54 Å². The Morgan fingerprint density at radius 3 is 2.59 bits per heavy atom. The van der Waals surface area contributed by atoms with Crippen LogP contribution in [0.1, 0.15) is 21.7 Å². The van der Waals surface area contributed by atoms with Crippen LogP contribution in [0.3, 0.4) is 0 Å². The Balaban J connectivity index is 1.33. The highest BCUT2D eigenvalue weighted by Crippen LogP contribution is 2.39. The number of fused-ring (bicyclic) bond motifs is 1. The molecule has 1 aromatic heterocycles. The second kappa shape index (κ2) is 8.92. The standard InChI is InChI=1S/C24H16ClNO7S/c1-30-23(28)14-4-2-13(3-5-14)18-7-6-16(33-18)9-21-22(27)26(24(29)34-21)11-15-8-19-20(10-17(15)25)32-12-31-19/h2-10H,11-12H2,1H3. The predicted octanol–water partition coefficient (Wildman–Crippen LogP) is 5.35. The number of imide groups is 1. The van der Waals surface area contributed by atoms with E-state index in [-0.39, 0.29) is 18.2 Å². The molecule has 3 heterocycles. The van der Waals surface area contributed by atoms with E-state index in [1.165, 1.54) is 13.2 Å². The molecule has 1 saturated heterocycles. The number of rotatable bonds is 5. The minimum Gasteiger partial charge on any atom is -0.465 e. The van der Waals surface area contributed by atoms with E-state index in [0.29, 0.717) is 39.2 Å². The molecule has 5 rings (SSSR count). The van der Waals surface area contributed by atoms with Crippen LogP contribution in [0.2, 0.25) is 5.02 Å². The normalized spacial score (nSPS) is 15.9. The summed E-state index contributed by atoms with van der Waals surface area (Å²) in [5.41, 5.74) is 1.75. The Morgan fingerprint density at radius 1 is 1.12 bits per heavy atom. The van der Waals surface area contributed by atoms with Gasteiger partial charge >= 0.3 is 5.97 Å². The zero-order chi connectivity index (χ0) is 23.8. The van der Waals surface area contributed by atoms with Crippen LogP contribution in [0.5, 0.6) is 11.5 Å². The Hall–Kier alpha value is -3.69. The molecule has 2 aromatic carbocycles. The summed E-state index contributed by atoms with van der Waals surface area (Å²) in [5.74, 6) is 1.14. The molecule has 2 aliphatic rings. The predicted molar refractivity (Wildman–Crippen MR) is 125 cm³/mol. The number of carbonyl (C=O) groups is 3. The van der Waals surface area contributed by atoms with Crippen LogP contribution in [0.25, 0.3) is 17.4 Å². The smallest absolute Gasteiger partial charge is 0.337 e. The Kier molecular flexibility index (Phi) is 5.80. The first-order valence-corrected chi connectivity index (χ1v) is 11.2. The van der Waals surface area contributed by atoms with Crippen molar-refractivity contribution < 1.29 is 33.0 Å². The monoisotopic (exact) mass is 497 g/mol. The third-order valence-corrected chi connectivity index (χ3v) is 6.49. The molecule has 8 nitrogen and oxygen atoms in total. The number of furan rings is 1. The van der Waals surface area contributed by atoms with E-state index in [0.717, 1.165) is 22.2 Å². The first kappa shape index (κ1) is 22.1. The molecule has 0 aliphatic carbocycles. The zero-order valence-corrected chi connectivity index (χ0v) is 19.3. The van der Waals surface area contributed by atoms with Gasteiger partial charge in [0.15, 0.2) is 11.5 Å². The van der Waals surface area contributed by atoms with Gasteiger partial charge in [0, 0.05) is 22.7 Å². The maximum absolute atomic E-state index is 12.9. The largest absolute Gasteiger partial charge is 0.465 e. The molecular weight excluding hydrogens is 482 g/mol. The second-order valence-electron chi connectivity index (χ2n) is 7.34. The number of hydrogen-bond donors (Lipinski definition) is 0. The van der Waals surface area contributed by atoms with E-state index in [4.69, 9.17) is 30.2 Å². The van der Waals surface area contributed by atoms with Crippen LogP contribution in [0.4, 0.5) is 4.79 Å². The topological polar surface area (TPSA) is 95.3 Å². The molecule has 2 amide bonds. The number of halogens is 1. The van der Waals surface area contributed by atoms with Gasteiger partial charge in [-0.15, -0.1) is 0 Å². The number of ether oxygens (including phenoxy) is 3. The molecule has 0 bridgehead atoms. The quantitative estimate of drug-likeness (QED) is 0.344. The van der Waals surface area contributed by atoms with Crippen LogP contribution in [0.15, 0.2) is 57.9 Å². The molecule has 172 valence electrons. The molecule has 0 unspecified atom stereocenters. The van der Waals surface area contributed by atoms with Gasteiger partial charge in [-0.3, -0.25) is 14.5 Å². The highest BCUT2D eigenvalue weighted by Gasteiger charge is 2.36. The molecule has 34 heavy (non-hydrogen) atoms. The van der Waals surface area contributed by atoms with Gasteiger partial charge in [0.1, 0.15) is 11.5 Å². The van der Waals surface area contributed by atoms with Crippen molar-refractivity contribution in [3.8, 4) is 22.8 Å². The number of methoxy groups -OCH3 is 1. The lowest BCUT2D eigenvalue weighted by atomic mass is 10.1. The van der Waals surface area contributed by atoms with Gasteiger partial charge in [0.2, 0.25) is 6.79 Å². The van der Waals surface area contributed by atoms with Crippen LogP contribution >= 0.6 is 23.4 Å². The minimum atomic E-state index is -0.441. The van der Waals surface area contributed by atoms with Crippen molar-refractivity contribution in [1.29, 1.82) is 0 Å². The van der Waals surface area contributed by atoms with Crippen LogP contribution in [-0.4, -0.2) is 35.9 Å². The summed E-state index contributed by atoms with van der Waals surface area (Å²) in [7, 11) is 1.32. The molecule has 0 saturated carbocycles. The zero-order valence-electron chi connectivity index (χ0n) is 17.7. The molecule has 0 N–H and O–H groups in total. The highest BCUT2D eigenvalue weighted by molar-refractivity contribution is 8.18. The number of hydrogen-bond acceptors (Lipinski definition) is 8. The number of benzene rings is 2. The van der Waals surface area contributed by atoms with E-state index in [1.807, 2.05) is 0 Å². The van der Waals surface area contributed by atoms with Crippen molar-refractivity contribution in [1.82, 2.24) is 4.90 Å². The molecule has 0 spiro atoms. The minimum absolute atomic E-state index is 0.00737. The maximum Gasteiger partial charge on any atom is 0.337 e. The number of amides is 2. The molecule has 0 atom stereocenters. The number of carbonyl (C=O) groups excluding carboxylic acids is 3. The molecule has 2 aliphatic heterocycles. The fraction of sp³-hybridized carbons (Fsp3) is 0.125. The van der Waals surface area contributed by atoms with Gasteiger partial charge in [0.25, 0.3) is 11.1 Å². The summed E-state index contributed by atoms with van der Waals surface area (Å²) in [6.45, 7) is 0.105. The molecule has 1 fully saturated rings. The lowest BCUT2D eigenvalue weighted by Crippen LogP contribution is -2.27.